The minimum Gasteiger partial charge on any atom is -0.355 e. The molecule has 2 rings (SSSR count). The Morgan fingerprint density at radius 3 is 2.65 bits per heavy atom. The van der Waals surface area contributed by atoms with Gasteiger partial charge in [0, 0.05) is 25.3 Å². The maximum absolute atomic E-state index is 12.4. The molecule has 0 aliphatic carbocycles. The lowest BCUT2D eigenvalue weighted by Crippen LogP contribution is -2.43. The van der Waals surface area contributed by atoms with Gasteiger partial charge in [-0.05, 0) is 25.0 Å². The van der Waals surface area contributed by atoms with Crippen LogP contribution in [0.25, 0.3) is 0 Å². The van der Waals surface area contributed by atoms with Crippen LogP contribution in [0, 0.1) is 0 Å². The van der Waals surface area contributed by atoms with Crippen molar-refractivity contribution in [2.75, 3.05) is 18.0 Å². The van der Waals surface area contributed by atoms with Gasteiger partial charge in [-0.15, -0.1) is 0 Å². The first kappa shape index (κ1) is 12.2. The number of nitrogens with zero attached hydrogens (tertiary/aromatic N) is 2. The van der Waals surface area contributed by atoms with Gasteiger partial charge in [0.1, 0.15) is 5.82 Å². The first-order valence-corrected chi connectivity index (χ1v) is 5.50. The maximum atomic E-state index is 12.4. The number of nitrogens with two attached hydrogens (primary N) is 1. The quantitative estimate of drug-likeness (QED) is 0.823. The lowest BCUT2D eigenvalue weighted by Gasteiger charge is -2.31. The summed E-state index contributed by atoms with van der Waals surface area (Å²) in [6, 6.07) is 2.54. The predicted molar refractivity (Wildman–Crippen MR) is 58.7 cm³/mol. The summed E-state index contributed by atoms with van der Waals surface area (Å²) in [7, 11) is 0. The second-order valence-corrected chi connectivity index (χ2v) is 4.25. The molecule has 0 aromatic carbocycles. The van der Waals surface area contributed by atoms with Gasteiger partial charge in [0.05, 0.1) is 5.56 Å². The molecule has 1 aromatic heterocycles. The second kappa shape index (κ2) is 4.52. The van der Waals surface area contributed by atoms with E-state index in [1.165, 1.54) is 6.07 Å². The molecule has 2 N–H and O–H groups in total. The average molecular weight is 245 g/mol. The fraction of sp³-hybridized carbons (Fsp3) is 0.545. The van der Waals surface area contributed by atoms with E-state index in [1.807, 2.05) is 4.90 Å². The summed E-state index contributed by atoms with van der Waals surface area (Å²) in [4.78, 5) is 5.78. The highest BCUT2D eigenvalue weighted by Gasteiger charge is 2.31. The van der Waals surface area contributed by atoms with E-state index in [2.05, 4.69) is 4.98 Å². The van der Waals surface area contributed by atoms with E-state index in [0.29, 0.717) is 12.4 Å². The van der Waals surface area contributed by atoms with Crippen molar-refractivity contribution in [3.05, 3.63) is 23.9 Å². The van der Waals surface area contributed by atoms with E-state index in [-0.39, 0.29) is 6.04 Å². The molecule has 2 heterocycles. The third-order valence-corrected chi connectivity index (χ3v) is 2.86. The molecule has 1 fully saturated rings. The number of halogens is 3. The monoisotopic (exact) mass is 245 g/mol. The molecule has 1 atom stereocenters. The maximum Gasteiger partial charge on any atom is 0.417 e. The molecular formula is C11H14F3N3. The minimum atomic E-state index is -4.33. The summed E-state index contributed by atoms with van der Waals surface area (Å²) in [5.74, 6) is 0.563. The van der Waals surface area contributed by atoms with Crippen LogP contribution < -0.4 is 10.6 Å². The highest BCUT2D eigenvalue weighted by molar-refractivity contribution is 5.40. The van der Waals surface area contributed by atoms with Crippen molar-refractivity contribution >= 4 is 5.82 Å². The van der Waals surface area contributed by atoms with Crippen molar-refractivity contribution in [2.24, 2.45) is 5.73 Å². The molecule has 0 saturated carbocycles. The molecule has 0 bridgehead atoms. The van der Waals surface area contributed by atoms with Gasteiger partial charge < -0.3 is 10.6 Å². The number of pyridine rings is 1. The molecule has 1 aromatic rings. The largest absolute Gasteiger partial charge is 0.417 e. The standard InChI is InChI=1S/C11H14F3N3/c12-11(13,14)8-3-4-10(16-6-8)17-5-1-2-9(15)7-17/h3-4,6,9H,1-2,5,7,15H2/t9-/m0/s1. The van der Waals surface area contributed by atoms with Crippen LogP contribution in [0.1, 0.15) is 18.4 Å². The van der Waals surface area contributed by atoms with Crippen LogP contribution in [-0.2, 0) is 6.18 Å². The number of hydrogen-bond donors (Lipinski definition) is 1. The number of aromatic nitrogens is 1. The number of rotatable bonds is 1. The van der Waals surface area contributed by atoms with Crippen molar-refractivity contribution < 1.29 is 13.2 Å². The van der Waals surface area contributed by atoms with E-state index in [0.717, 1.165) is 31.6 Å². The topological polar surface area (TPSA) is 42.1 Å². The van der Waals surface area contributed by atoms with Crippen LogP contribution >= 0.6 is 0 Å². The molecular weight excluding hydrogens is 231 g/mol. The fourth-order valence-electron chi connectivity index (χ4n) is 1.96. The van der Waals surface area contributed by atoms with Gasteiger partial charge in [-0.3, -0.25) is 0 Å². The van der Waals surface area contributed by atoms with E-state index < -0.39 is 11.7 Å². The van der Waals surface area contributed by atoms with Crippen molar-refractivity contribution in [3.8, 4) is 0 Å². The van der Waals surface area contributed by atoms with Gasteiger partial charge in [-0.2, -0.15) is 13.2 Å². The summed E-state index contributed by atoms with van der Waals surface area (Å²) in [5, 5.41) is 0. The SMILES string of the molecule is N[C@H]1CCCN(c2ccc(C(F)(F)F)cn2)C1. The zero-order chi connectivity index (χ0) is 12.5. The van der Waals surface area contributed by atoms with Crippen LogP contribution in [0.5, 0.6) is 0 Å². The van der Waals surface area contributed by atoms with Crippen LogP contribution in [-0.4, -0.2) is 24.1 Å². The number of hydrogen-bond acceptors (Lipinski definition) is 3. The molecule has 0 amide bonds. The summed E-state index contributed by atoms with van der Waals surface area (Å²) in [6.45, 7) is 1.45. The van der Waals surface area contributed by atoms with Gasteiger partial charge in [-0.25, -0.2) is 4.98 Å². The first-order valence-electron chi connectivity index (χ1n) is 5.50. The summed E-state index contributed by atoms with van der Waals surface area (Å²) in [5.41, 5.74) is 5.09. The fourth-order valence-corrected chi connectivity index (χ4v) is 1.96. The van der Waals surface area contributed by atoms with Crippen molar-refractivity contribution in [2.45, 2.75) is 25.1 Å². The van der Waals surface area contributed by atoms with Gasteiger partial charge in [0.15, 0.2) is 0 Å². The molecule has 1 aliphatic rings. The molecule has 0 radical (unpaired) electrons. The smallest absolute Gasteiger partial charge is 0.355 e. The molecule has 1 saturated heterocycles. The lowest BCUT2D eigenvalue weighted by molar-refractivity contribution is -0.137. The first-order chi connectivity index (χ1) is 7.97. The zero-order valence-corrected chi connectivity index (χ0v) is 9.24. The number of anilines is 1. The summed E-state index contributed by atoms with van der Waals surface area (Å²) >= 11 is 0. The molecule has 0 spiro atoms. The van der Waals surface area contributed by atoms with E-state index in [4.69, 9.17) is 5.73 Å². The van der Waals surface area contributed by atoms with Gasteiger partial charge in [0.25, 0.3) is 0 Å². The molecule has 1 aliphatic heterocycles. The Bertz CT molecular complexity index is 375. The van der Waals surface area contributed by atoms with E-state index >= 15 is 0 Å². The summed E-state index contributed by atoms with van der Waals surface area (Å²) in [6.07, 6.45) is -1.56. The van der Waals surface area contributed by atoms with Crippen LogP contribution in [0.3, 0.4) is 0 Å². The van der Waals surface area contributed by atoms with Crippen molar-refractivity contribution in [1.29, 1.82) is 0 Å². The van der Waals surface area contributed by atoms with E-state index in [1.54, 1.807) is 0 Å². The Hall–Kier alpha value is -1.30. The molecule has 3 nitrogen and oxygen atoms in total. The zero-order valence-electron chi connectivity index (χ0n) is 9.24. The van der Waals surface area contributed by atoms with Gasteiger partial charge in [-0.1, -0.05) is 0 Å². The van der Waals surface area contributed by atoms with E-state index in [9.17, 15) is 13.2 Å². The Labute approximate surface area is 97.4 Å². The van der Waals surface area contributed by atoms with Gasteiger partial charge in [0.2, 0.25) is 0 Å². The number of piperidine rings is 1. The van der Waals surface area contributed by atoms with Crippen molar-refractivity contribution in [1.82, 2.24) is 4.98 Å². The highest BCUT2D eigenvalue weighted by Crippen LogP contribution is 2.29. The number of alkyl halides is 3. The average Bonchev–Trinajstić information content (AvgIpc) is 2.28. The highest BCUT2D eigenvalue weighted by atomic mass is 19.4. The molecule has 6 heteroatoms. The Morgan fingerprint density at radius 1 is 1.35 bits per heavy atom. The third kappa shape index (κ3) is 2.88. The van der Waals surface area contributed by atoms with Crippen LogP contribution in [0.15, 0.2) is 18.3 Å². The molecule has 17 heavy (non-hydrogen) atoms. The minimum absolute atomic E-state index is 0.0767. The van der Waals surface area contributed by atoms with Crippen LogP contribution in [0.2, 0.25) is 0 Å². The molecule has 94 valence electrons. The summed E-state index contributed by atoms with van der Waals surface area (Å²) < 4.78 is 37.1. The lowest BCUT2D eigenvalue weighted by atomic mass is 10.1. The Balaban J connectivity index is 2.12. The predicted octanol–water partition coefficient (Wildman–Crippen LogP) is 2.03. The Kier molecular flexibility index (Phi) is 3.24. The molecule has 0 unspecified atom stereocenters. The third-order valence-electron chi connectivity index (χ3n) is 2.86. The van der Waals surface area contributed by atoms with Crippen molar-refractivity contribution in [3.63, 3.8) is 0 Å². The second-order valence-electron chi connectivity index (χ2n) is 4.25. The van der Waals surface area contributed by atoms with Gasteiger partial charge >= 0.3 is 6.18 Å². The van der Waals surface area contributed by atoms with Crippen LogP contribution in [0.4, 0.5) is 19.0 Å². The Morgan fingerprint density at radius 2 is 2.12 bits per heavy atom. The normalized spacial score (nSPS) is 21.6.